The van der Waals surface area contributed by atoms with Crippen molar-refractivity contribution < 1.29 is 0 Å². The average Bonchev–Trinajstić information content (AvgIpc) is 2.23. The predicted molar refractivity (Wildman–Crippen MR) is 60.7 cm³/mol. The van der Waals surface area contributed by atoms with Crippen LogP contribution in [0.1, 0.15) is 0 Å². The van der Waals surface area contributed by atoms with Gasteiger partial charge in [-0.2, -0.15) is 0 Å². The molecule has 0 atom stereocenters. The molecule has 0 saturated heterocycles. The Hall–Kier alpha value is -1.96. The number of hydrogen-bond acceptors (Lipinski definition) is 2. The van der Waals surface area contributed by atoms with Crippen LogP contribution in [0.2, 0.25) is 0 Å². The molecule has 4 N–H and O–H groups in total. The van der Waals surface area contributed by atoms with Crippen molar-refractivity contribution in [3.8, 4) is 11.1 Å². The first-order valence-corrected chi connectivity index (χ1v) is 4.48. The molecule has 14 heavy (non-hydrogen) atoms. The van der Waals surface area contributed by atoms with E-state index < -0.39 is 0 Å². The largest absolute Gasteiger partial charge is 0.397 e. The van der Waals surface area contributed by atoms with E-state index in [9.17, 15) is 0 Å². The van der Waals surface area contributed by atoms with Crippen LogP contribution in [-0.4, -0.2) is 0 Å². The molecule has 0 aliphatic heterocycles. The number of para-hydroxylation sites is 1. The Morgan fingerprint density at radius 2 is 1.43 bits per heavy atom. The molecule has 2 nitrogen and oxygen atoms in total. The van der Waals surface area contributed by atoms with Crippen molar-refractivity contribution in [1.29, 1.82) is 0 Å². The fourth-order valence-electron chi connectivity index (χ4n) is 1.45. The monoisotopic (exact) mass is 184 g/mol. The zero-order valence-electron chi connectivity index (χ0n) is 7.77. The third-order valence-corrected chi connectivity index (χ3v) is 2.22. The molecule has 0 fully saturated rings. The van der Waals surface area contributed by atoms with Crippen molar-refractivity contribution >= 4 is 11.4 Å². The van der Waals surface area contributed by atoms with Gasteiger partial charge in [-0.15, -0.1) is 0 Å². The first-order valence-electron chi connectivity index (χ1n) is 4.48. The van der Waals surface area contributed by atoms with Crippen molar-refractivity contribution in [2.75, 3.05) is 11.5 Å². The Labute approximate surface area is 83.2 Å². The molecule has 0 unspecified atom stereocenters. The van der Waals surface area contributed by atoms with E-state index in [1.54, 1.807) is 0 Å². The summed E-state index contributed by atoms with van der Waals surface area (Å²) < 4.78 is 0. The molecular weight excluding hydrogens is 172 g/mol. The van der Waals surface area contributed by atoms with Crippen LogP contribution in [0.3, 0.4) is 0 Å². The average molecular weight is 184 g/mol. The summed E-state index contributed by atoms with van der Waals surface area (Å²) in [5.41, 5.74) is 15.0. The normalized spacial score (nSPS) is 10.0. The molecule has 2 rings (SSSR count). The van der Waals surface area contributed by atoms with Gasteiger partial charge < -0.3 is 11.5 Å². The van der Waals surface area contributed by atoms with E-state index in [1.165, 1.54) is 0 Å². The van der Waals surface area contributed by atoms with Crippen LogP contribution in [0.15, 0.2) is 48.5 Å². The maximum atomic E-state index is 5.89. The molecule has 0 heterocycles. The summed E-state index contributed by atoms with van der Waals surface area (Å²) in [5.74, 6) is 0. The van der Waals surface area contributed by atoms with Crippen molar-refractivity contribution in [2.24, 2.45) is 0 Å². The second kappa shape index (κ2) is 3.42. The molecular formula is C12H12N2. The first kappa shape index (κ1) is 8.63. The van der Waals surface area contributed by atoms with Gasteiger partial charge in [0.05, 0.1) is 11.4 Å². The highest BCUT2D eigenvalue weighted by Crippen LogP contribution is 2.29. The summed E-state index contributed by atoms with van der Waals surface area (Å²) in [5, 5.41) is 0. The van der Waals surface area contributed by atoms with Crippen LogP contribution in [0.25, 0.3) is 11.1 Å². The minimum absolute atomic E-state index is 0.631. The van der Waals surface area contributed by atoms with E-state index in [-0.39, 0.29) is 0 Å². The zero-order chi connectivity index (χ0) is 9.97. The van der Waals surface area contributed by atoms with E-state index in [4.69, 9.17) is 11.5 Å². The lowest BCUT2D eigenvalue weighted by Gasteiger charge is -2.07. The number of benzene rings is 2. The number of rotatable bonds is 1. The molecule has 2 aromatic carbocycles. The third kappa shape index (κ3) is 1.42. The van der Waals surface area contributed by atoms with Gasteiger partial charge in [0.15, 0.2) is 0 Å². The fourth-order valence-corrected chi connectivity index (χ4v) is 1.45. The second-order valence-corrected chi connectivity index (χ2v) is 3.17. The van der Waals surface area contributed by atoms with Gasteiger partial charge in [-0.1, -0.05) is 42.5 Å². The summed E-state index contributed by atoms with van der Waals surface area (Å²) in [6, 6.07) is 15.7. The van der Waals surface area contributed by atoms with Gasteiger partial charge in [-0.25, -0.2) is 0 Å². The molecule has 0 saturated carbocycles. The van der Waals surface area contributed by atoms with E-state index in [0.29, 0.717) is 11.4 Å². The Bertz CT molecular complexity index is 435. The summed E-state index contributed by atoms with van der Waals surface area (Å²) in [4.78, 5) is 0. The van der Waals surface area contributed by atoms with Crippen LogP contribution in [0, 0.1) is 0 Å². The smallest absolute Gasteiger partial charge is 0.0627 e. The summed E-state index contributed by atoms with van der Waals surface area (Å²) in [6.45, 7) is 0. The SMILES string of the molecule is Nc1cccc(-c2ccccc2)c1N. The minimum atomic E-state index is 0.631. The van der Waals surface area contributed by atoms with E-state index in [0.717, 1.165) is 11.1 Å². The topological polar surface area (TPSA) is 52.0 Å². The predicted octanol–water partition coefficient (Wildman–Crippen LogP) is 2.52. The van der Waals surface area contributed by atoms with Gasteiger partial charge in [-0.3, -0.25) is 0 Å². The Kier molecular flexibility index (Phi) is 2.11. The van der Waals surface area contributed by atoms with Gasteiger partial charge in [0.25, 0.3) is 0 Å². The Morgan fingerprint density at radius 1 is 0.714 bits per heavy atom. The van der Waals surface area contributed by atoms with Gasteiger partial charge in [0, 0.05) is 5.56 Å². The molecule has 70 valence electrons. The molecule has 0 amide bonds. The van der Waals surface area contributed by atoms with Crippen LogP contribution in [0.4, 0.5) is 11.4 Å². The van der Waals surface area contributed by atoms with Gasteiger partial charge in [0.1, 0.15) is 0 Å². The highest BCUT2D eigenvalue weighted by Gasteiger charge is 2.03. The quantitative estimate of drug-likeness (QED) is 0.669. The second-order valence-electron chi connectivity index (χ2n) is 3.17. The van der Waals surface area contributed by atoms with Crippen LogP contribution in [-0.2, 0) is 0 Å². The molecule has 0 spiro atoms. The highest BCUT2D eigenvalue weighted by molar-refractivity contribution is 5.84. The number of anilines is 2. The van der Waals surface area contributed by atoms with Gasteiger partial charge in [-0.05, 0) is 11.6 Å². The van der Waals surface area contributed by atoms with E-state index >= 15 is 0 Å². The first-order chi connectivity index (χ1) is 6.79. The maximum absolute atomic E-state index is 5.89. The molecule has 0 aliphatic carbocycles. The van der Waals surface area contributed by atoms with Crippen molar-refractivity contribution in [3.05, 3.63) is 48.5 Å². The van der Waals surface area contributed by atoms with Gasteiger partial charge in [0.2, 0.25) is 0 Å². The Balaban J connectivity index is 2.58. The summed E-state index contributed by atoms with van der Waals surface area (Å²) in [6.07, 6.45) is 0. The maximum Gasteiger partial charge on any atom is 0.0627 e. The molecule has 2 aromatic rings. The molecule has 0 aromatic heterocycles. The highest BCUT2D eigenvalue weighted by atomic mass is 14.7. The van der Waals surface area contributed by atoms with Gasteiger partial charge >= 0.3 is 0 Å². The van der Waals surface area contributed by atoms with E-state index in [1.807, 2.05) is 48.5 Å². The standard InChI is InChI=1S/C12H12N2/c13-11-8-4-7-10(12(11)14)9-5-2-1-3-6-9/h1-8H,13-14H2. The molecule has 0 aliphatic rings. The van der Waals surface area contributed by atoms with Crippen LogP contribution < -0.4 is 11.5 Å². The number of nitrogens with two attached hydrogens (primary N) is 2. The minimum Gasteiger partial charge on any atom is -0.397 e. The van der Waals surface area contributed by atoms with Crippen LogP contribution in [0.5, 0.6) is 0 Å². The summed E-state index contributed by atoms with van der Waals surface area (Å²) in [7, 11) is 0. The number of hydrogen-bond donors (Lipinski definition) is 2. The lowest BCUT2D eigenvalue weighted by molar-refractivity contribution is 1.60. The lowest BCUT2D eigenvalue weighted by Crippen LogP contribution is -1.96. The zero-order valence-corrected chi connectivity index (χ0v) is 7.77. The van der Waals surface area contributed by atoms with Crippen molar-refractivity contribution in [2.45, 2.75) is 0 Å². The number of nitrogen functional groups attached to an aromatic ring is 2. The van der Waals surface area contributed by atoms with Crippen molar-refractivity contribution in [1.82, 2.24) is 0 Å². The molecule has 0 radical (unpaired) electrons. The fraction of sp³-hybridized carbons (Fsp3) is 0. The lowest BCUT2D eigenvalue weighted by atomic mass is 10.0. The molecule has 0 bridgehead atoms. The third-order valence-electron chi connectivity index (χ3n) is 2.22. The summed E-state index contributed by atoms with van der Waals surface area (Å²) >= 11 is 0. The van der Waals surface area contributed by atoms with E-state index in [2.05, 4.69) is 0 Å². The van der Waals surface area contributed by atoms with Crippen molar-refractivity contribution in [3.63, 3.8) is 0 Å². The van der Waals surface area contributed by atoms with Crippen LogP contribution >= 0.6 is 0 Å². The Morgan fingerprint density at radius 3 is 2.14 bits per heavy atom. The molecule has 2 heteroatoms.